The number of hydrogen-bond acceptors (Lipinski definition) is 9. The first-order chi connectivity index (χ1) is 17.3. The lowest BCUT2D eigenvalue weighted by Gasteiger charge is -2.48. The van der Waals surface area contributed by atoms with Gasteiger partial charge in [-0.05, 0) is 47.2 Å². The first-order valence-corrected chi connectivity index (χ1v) is 13.7. The maximum absolute atomic E-state index is 12.7. The second-order valence-corrected chi connectivity index (χ2v) is 11.8. The number of ether oxygens (including phenoxy) is 5. The number of methoxy groups -OCH3 is 1. The molecule has 2 aliphatic heterocycles. The molecule has 0 spiro atoms. The minimum absolute atomic E-state index is 0.0464. The number of hydrogen-bond donors (Lipinski definition) is 0. The summed E-state index contributed by atoms with van der Waals surface area (Å²) < 4.78 is 43.1. The Morgan fingerprint density at radius 3 is 2.46 bits per heavy atom. The highest BCUT2D eigenvalue weighted by atomic mass is 31.1. The van der Waals surface area contributed by atoms with E-state index in [9.17, 15) is 14.2 Å². The first-order valence-electron chi connectivity index (χ1n) is 12.8. The highest BCUT2D eigenvalue weighted by Crippen LogP contribution is 2.43. The smallest absolute Gasteiger partial charge is 0.340 e. The Balaban J connectivity index is 2.66. The van der Waals surface area contributed by atoms with Crippen molar-refractivity contribution in [3.8, 4) is 0 Å². The van der Waals surface area contributed by atoms with Crippen molar-refractivity contribution in [1.29, 1.82) is 0 Å². The van der Waals surface area contributed by atoms with Gasteiger partial charge in [-0.3, -0.25) is 4.57 Å². The maximum Gasteiger partial charge on any atom is 0.340 e. The molecule has 0 saturated carbocycles. The molecule has 8 atom stereocenters. The van der Waals surface area contributed by atoms with Gasteiger partial charge in [0.05, 0.1) is 23.4 Å². The lowest BCUT2D eigenvalue weighted by atomic mass is 9.77. The second-order valence-electron chi connectivity index (χ2n) is 11.0. The van der Waals surface area contributed by atoms with Gasteiger partial charge in [0, 0.05) is 38.8 Å². The fraction of sp³-hybridized carbons (Fsp3) is 0.778. The van der Waals surface area contributed by atoms with Crippen molar-refractivity contribution in [2.24, 2.45) is 11.8 Å². The minimum atomic E-state index is -1.17. The zero-order valence-electron chi connectivity index (χ0n) is 23.7. The molecule has 0 amide bonds. The quantitative estimate of drug-likeness (QED) is 0.144. The highest BCUT2D eigenvalue weighted by molar-refractivity contribution is 7.24. The van der Waals surface area contributed by atoms with Crippen LogP contribution in [-0.2, 0) is 37.8 Å². The van der Waals surface area contributed by atoms with Gasteiger partial charge in [-0.25, -0.2) is 4.79 Å². The van der Waals surface area contributed by atoms with Gasteiger partial charge < -0.3 is 33.4 Å². The molecule has 1 fully saturated rings. The van der Waals surface area contributed by atoms with Crippen molar-refractivity contribution >= 4 is 20.7 Å². The SMILES string of the molecule is C=CC[C@](C[C@@H](C)C=O)(OC)[C@H](O[C@@H]1O[C@H](C)CC(N(C)C)[C@H]1P=O)[C@H](C)C1=C(C)C(=O)OC(C)(C)O1. The molecule has 10 heteroatoms. The van der Waals surface area contributed by atoms with E-state index in [-0.39, 0.29) is 26.5 Å². The number of carbonyl (C=O) groups is 2. The third-order valence-electron chi connectivity index (χ3n) is 7.23. The van der Waals surface area contributed by atoms with Crippen LogP contribution in [0.4, 0.5) is 0 Å². The summed E-state index contributed by atoms with van der Waals surface area (Å²) in [7, 11) is 5.35. The first kappa shape index (κ1) is 31.6. The molecular formula is C27H44NO8P. The second kappa shape index (κ2) is 12.9. The molecule has 0 bridgehead atoms. The van der Waals surface area contributed by atoms with Gasteiger partial charge in [0.2, 0.25) is 5.79 Å². The summed E-state index contributed by atoms with van der Waals surface area (Å²) in [5.74, 6) is -2.10. The predicted molar refractivity (Wildman–Crippen MR) is 140 cm³/mol. The van der Waals surface area contributed by atoms with Crippen LogP contribution < -0.4 is 0 Å². The van der Waals surface area contributed by atoms with Gasteiger partial charge >= 0.3 is 5.97 Å². The minimum Gasteiger partial charge on any atom is -0.456 e. The van der Waals surface area contributed by atoms with Crippen molar-refractivity contribution < 1.29 is 37.8 Å². The molecule has 0 aromatic carbocycles. The molecule has 2 heterocycles. The molecule has 0 aliphatic carbocycles. The Hall–Kier alpha value is -1.64. The van der Waals surface area contributed by atoms with E-state index in [4.69, 9.17) is 23.7 Å². The van der Waals surface area contributed by atoms with E-state index in [2.05, 4.69) is 6.58 Å². The van der Waals surface area contributed by atoms with Crippen molar-refractivity contribution in [3.05, 3.63) is 24.0 Å². The van der Waals surface area contributed by atoms with Crippen molar-refractivity contribution in [2.45, 2.75) is 102 Å². The van der Waals surface area contributed by atoms with E-state index in [0.29, 0.717) is 30.6 Å². The van der Waals surface area contributed by atoms with Crippen LogP contribution in [0.3, 0.4) is 0 Å². The summed E-state index contributed by atoms with van der Waals surface area (Å²) >= 11 is 0. The monoisotopic (exact) mass is 541 g/mol. The van der Waals surface area contributed by atoms with Crippen LogP contribution in [0.1, 0.15) is 60.8 Å². The van der Waals surface area contributed by atoms with Crippen LogP contribution in [0, 0.1) is 11.8 Å². The summed E-state index contributed by atoms with van der Waals surface area (Å²) in [6.07, 6.45) is 2.25. The molecule has 9 nitrogen and oxygen atoms in total. The highest BCUT2D eigenvalue weighted by Gasteiger charge is 2.51. The predicted octanol–water partition coefficient (Wildman–Crippen LogP) is 4.50. The average molecular weight is 542 g/mol. The van der Waals surface area contributed by atoms with E-state index in [0.717, 1.165) is 6.29 Å². The van der Waals surface area contributed by atoms with Crippen LogP contribution in [0.2, 0.25) is 0 Å². The van der Waals surface area contributed by atoms with E-state index in [1.807, 2.05) is 39.8 Å². The average Bonchev–Trinajstić information content (AvgIpc) is 2.83. The van der Waals surface area contributed by atoms with Gasteiger partial charge in [-0.2, -0.15) is 0 Å². The van der Waals surface area contributed by atoms with Crippen LogP contribution >= 0.6 is 8.46 Å². The Kier molecular flexibility index (Phi) is 11.0. The molecule has 0 aromatic rings. The zero-order valence-corrected chi connectivity index (χ0v) is 24.6. The maximum atomic E-state index is 12.7. The summed E-state index contributed by atoms with van der Waals surface area (Å²) in [6, 6.07) is -0.0464. The third-order valence-corrected chi connectivity index (χ3v) is 8.06. The van der Waals surface area contributed by atoms with E-state index in [1.54, 1.807) is 34.0 Å². The fourth-order valence-corrected chi connectivity index (χ4v) is 6.16. The summed E-state index contributed by atoms with van der Waals surface area (Å²) in [5.41, 5.74) is -1.16. The molecule has 2 aliphatic rings. The van der Waals surface area contributed by atoms with E-state index in [1.165, 1.54) is 0 Å². The Morgan fingerprint density at radius 2 is 1.95 bits per heavy atom. The number of esters is 1. The van der Waals surface area contributed by atoms with Crippen LogP contribution in [0.25, 0.3) is 0 Å². The normalized spacial score (nSPS) is 30.2. The van der Waals surface area contributed by atoms with Crippen LogP contribution in [0.5, 0.6) is 0 Å². The fourth-order valence-electron chi connectivity index (χ4n) is 5.39. The lowest BCUT2D eigenvalue weighted by Crippen LogP contribution is -2.58. The van der Waals surface area contributed by atoms with Crippen LogP contribution in [-0.4, -0.2) is 79.9 Å². The molecule has 0 N–H and O–H groups in total. The molecular weight excluding hydrogens is 497 g/mol. The van der Waals surface area contributed by atoms with E-state index >= 15 is 0 Å². The van der Waals surface area contributed by atoms with Gasteiger partial charge in [-0.15, -0.1) is 6.58 Å². The molecule has 37 heavy (non-hydrogen) atoms. The summed E-state index contributed by atoms with van der Waals surface area (Å²) in [6.45, 7) is 14.6. The third kappa shape index (κ3) is 7.27. The molecule has 0 aromatic heterocycles. The number of aldehydes is 1. The topological polar surface area (TPSA) is 101 Å². The van der Waals surface area contributed by atoms with Crippen molar-refractivity contribution in [3.63, 3.8) is 0 Å². The lowest BCUT2D eigenvalue weighted by molar-refractivity contribution is -0.268. The van der Waals surface area contributed by atoms with Gasteiger partial charge in [0.1, 0.15) is 17.7 Å². The summed E-state index contributed by atoms with van der Waals surface area (Å²) in [5, 5.41) is 0. The van der Waals surface area contributed by atoms with Crippen LogP contribution in [0.15, 0.2) is 24.0 Å². The number of cyclic esters (lactones) is 1. The standard InChI is InChI=1S/C27H44NO8P/c1-11-12-27(32-10,14-16(2)15-29)23(18(4)21-19(5)24(30)36-26(6,7)35-21)34-25-22(37-31)20(28(8)9)13-17(3)33-25/h11,15-18,20,22-23,25H,1,12-14H2,2-10H3/t16-,17-,18-,20?,22-,23-,25+,27-/m1/s1. The molecule has 1 unspecified atom stereocenters. The number of rotatable bonds is 13. The largest absolute Gasteiger partial charge is 0.456 e. The van der Waals surface area contributed by atoms with Gasteiger partial charge in [0.15, 0.2) is 14.8 Å². The number of nitrogens with zero attached hydrogens (tertiary/aromatic N) is 1. The van der Waals surface area contributed by atoms with Crippen molar-refractivity contribution in [2.75, 3.05) is 21.2 Å². The van der Waals surface area contributed by atoms with Gasteiger partial charge in [0.25, 0.3) is 0 Å². The van der Waals surface area contributed by atoms with Gasteiger partial charge in [-0.1, -0.05) is 19.9 Å². The van der Waals surface area contributed by atoms with E-state index < -0.39 is 41.3 Å². The molecule has 210 valence electrons. The Morgan fingerprint density at radius 1 is 1.30 bits per heavy atom. The summed E-state index contributed by atoms with van der Waals surface area (Å²) in [4.78, 5) is 26.5. The van der Waals surface area contributed by atoms with Crippen molar-refractivity contribution in [1.82, 2.24) is 4.90 Å². The molecule has 1 saturated heterocycles. The zero-order chi connectivity index (χ0) is 28.1. The molecule has 2 rings (SSSR count). The molecule has 0 radical (unpaired) electrons. The Bertz CT molecular complexity index is 874. The Labute approximate surface area is 223 Å². The number of carbonyl (C=O) groups excluding carboxylic acids is 2.